The van der Waals surface area contributed by atoms with E-state index in [4.69, 9.17) is 28.9 Å². The van der Waals surface area contributed by atoms with Gasteiger partial charge in [-0.05, 0) is 59.3 Å². The second-order valence-corrected chi connectivity index (χ2v) is 15.8. The Morgan fingerprint density at radius 2 is 1.33 bits per heavy atom. The third-order valence-corrected chi connectivity index (χ3v) is 10.1. The molecular formula is C28H32Cl2F3IN8O4S2. The lowest BCUT2D eigenvalue weighted by Gasteiger charge is -2.20. The van der Waals surface area contributed by atoms with Gasteiger partial charge in [-0.3, -0.25) is 8.61 Å². The van der Waals surface area contributed by atoms with E-state index in [1.165, 1.54) is 32.1 Å². The quantitative estimate of drug-likeness (QED) is 0.165. The molecule has 0 atom stereocenters. The molecule has 3 N–H and O–H groups in total. The maximum absolute atomic E-state index is 13.0. The first-order valence-electron chi connectivity index (χ1n) is 13.4. The molecule has 4 aromatic heterocycles. The van der Waals surface area contributed by atoms with Gasteiger partial charge in [-0.25, -0.2) is 36.8 Å². The van der Waals surface area contributed by atoms with E-state index < -0.39 is 31.8 Å². The lowest BCUT2D eigenvalue weighted by molar-refractivity contribution is -0.137. The van der Waals surface area contributed by atoms with Crippen LogP contribution in [0.3, 0.4) is 0 Å². The molecule has 0 saturated carbocycles. The van der Waals surface area contributed by atoms with Crippen molar-refractivity contribution in [2.24, 2.45) is 5.73 Å². The Kier molecular flexibility index (Phi) is 15.1. The predicted octanol–water partition coefficient (Wildman–Crippen LogP) is 5.74. The van der Waals surface area contributed by atoms with Gasteiger partial charge in [-0.15, -0.1) is 0 Å². The maximum atomic E-state index is 13.0. The van der Waals surface area contributed by atoms with Crippen molar-refractivity contribution in [3.8, 4) is 0 Å². The van der Waals surface area contributed by atoms with Crippen molar-refractivity contribution in [2.75, 3.05) is 40.5 Å². The molecular weight excluding hydrogens is 831 g/mol. The summed E-state index contributed by atoms with van der Waals surface area (Å²) in [5.74, 6) is 0.503. The predicted molar refractivity (Wildman–Crippen MR) is 191 cm³/mol. The molecule has 48 heavy (non-hydrogen) atoms. The van der Waals surface area contributed by atoms with Crippen molar-refractivity contribution in [1.82, 2.24) is 19.9 Å². The summed E-state index contributed by atoms with van der Waals surface area (Å²) >= 11 is 13.5. The molecule has 20 heteroatoms. The molecule has 0 fully saturated rings. The molecule has 0 aromatic carbocycles. The van der Waals surface area contributed by atoms with E-state index in [1.54, 1.807) is 30.5 Å². The highest BCUT2D eigenvalue weighted by Crippen LogP contribution is 2.35. The highest BCUT2D eigenvalue weighted by molar-refractivity contribution is 14.1. The first-order chi connectivity index (χ1) is 22.2. The summed E-state index contributed by atoms with van der Waals surface area (Å²) in [5.41, 5.74) is 6.51. The Hall–Kier alpha value is -3.04. The van der Waals surface area contributed by atoms with E-state index in [0.29, 0.717) is 28.3 Å². The molecule has 4 aromatic rings. The van der Waals surface area contributed by atoms with E-state index in [9.17, 15) is 30.0 Å². The molecule has 262 valence electrons. The molecule has 0 spiro atoms. The number of nitrogens with two attached hydrogens (primary N) is 1. The second kappa shape index (κ2) is 17.6. The molecule has 12 nitrogen and oxygen atoms in total. The smallest absolute Gasteiger partial charge is 0.380 e. The number of alkyl halides is 3. The van der Waals surface area contributed by atoms with Crippen LogP contribution in [0.1, 0.15) is 22.3 Å². The molecule has 0 unspecified atom stereocenters. The van der Waals surface area contributed by atoms with E-state index >= 15 is 0 Å². The van der Waals surface area contributed by atoms with Crippen LogP contribution in [-0.2, 0) is 39.3 Å². The molecule has 0 bridgehead atoms. The Labute approximate surface area is 301 Å². The lowest BCUT2D eigenvalue weighted by atomic mass is 10.2. The van der Waals surface area contributed by atoms with Gasteiger partial charge in [0.05, 0.1) is 23.8 Å². The average Bonchev–Trinajstić information content (AvgIpc) is 3.00. The van der Waals surface area contributed by atoms with E-state index in [0.717, 1.165) is 30.8 Å². The van der Waals surface area contributed by atoms with Crippen molar-refractivity contribution in [2.45, 2.75) is 26.2 Å². The molecule has 4 heterocycles. The number of sulfonamides is 2. The van der Waals surface area contributed by atoms with Crippen molar-refractivity contribution >= 4 is 83.2 Å². The molecule has 0 aliphatic heterocycles. The van der Waals surface area contributed by atoms with Crippen LogP contribution in [0.4, 0.5) is 30.5 Å². The number of aromatic nitrogens is 4. The largest absolute Gasteiger partial charge is 0.419 e. The highest BCUT2D eigenvalue weighted by atomic mass is 127. The van der Waals surface area contributed by atoms with E-state index in [1.807, 2.05) is 13.0 Å². The van der Waals surface area contributed by atoms with Crippen LogP contribution in [0, 0.1) is 10.5 Å². The van der Waals surface area contributed by atoms with Crippen LogP contribution >= 0.6 is 45.8 Å². The van der Waals surface area contributed by atoms with Gasteiger partial charge in [0.1, 0.15) is 21.9 Å². The third-order valence-electron chi connectivity index (χ3n) is 6.20. The molecule has 4 rings (SSSR count). The Morgan fingerprint density at radius 3 is 1.79 bits per heavy atom. The number of nitrogens with zero attached hydrogens (tertiary/aromatic N) is 6. The van der Waals surface area contributed by atoms with Gasteiger partial charge in [-0.1, -0.05) is 35.3 Å². The zero-order chi connectivity index (χ0) is 36.4. The van der Waals surface area contributed by atoms with Crippen molar-refractivity contribution < 1.29 is 30.0 Å². The molecule has 0 saturated heterocycles. The molecule has 0 aliphatic rings. The second-order valence-electron chi connectivity index (χ2n) is 9.80. The first-order valence-corrected chi connectivity index (χ1v) is 18.9. The van der Waals surface area contributed by atoms with Crippen LogP contribution < -0.4 is 19.7 Å². The number of halogens is 6. The van der Waals surface area contributed by atoms with Gasteiger partial charge < -0.3 is 11.1 Å². The van der Waals surface area contributed by atoms with Crippen LogP contribution in [-0.4, -0.2) is 63.4 Å². The monoisotopic (exact) mass is 862 g/mol. The summed E-state index contributed by atoms with van der Waals surface area (Å²) in [7, 11) is -4.07. The van der Waals surface area contributed by atoms with Gasteiger partial charge in [0.15, 0.2) is 0 Å². The third kappa shape index (κ3) is 12.4. The summed E-state index contributed by atoms with van der Waals surface area (Å²) in [6.45, 7) is 2.18. The number of hydrogen-bond donors (Lipinski definition) is 2. The number of pyridine rings is 4. The summed E-state index contributed by atoms with van der Waals surface area (Å²) in [6.07, 6.45) is 2.86. The minimum absolute atomic E-state index is 0.0908. The zero-order valence-electron chi connectivity index (χ0n) is 26.2. The van der Waals surface area contributed by atoms with Crippen LogP contribution in [0.15, 0.2) is 61.2 Å². The van der Waals surface area contributed by atoms with Crippen LogP contribution in [0.5, 0.6) is 0 Å². The maximum Gasteiger partial charge on any atom is 0.419 e. The zero-order valence-corrected chi connectivity index (χ0v) is 31.5. The number of anilines is 3. The summed E-state index contributed by atoms with van der Waals surface area (Å²) in [5, 5.41) is 3.08. The molecule has 0 amide bonds. The van der Waals surface area contributed by atoms with Gasteiger partial charge in [0, 0.05) is 66.7 Å². The molecule has 0 radical (unpaired) electrons. The van der Waals surface area contributed by atoms with E-state index in [-0.39, 0.29) is 29.7 Å². The lowest BCUT2D eigenvalue weighted by Crippen LogP contribution is -2.27. The van der Waals surface area contributed by atoms with Crippen LogP contribution in [0.2, 0.25) is 10.3 Å². The SMILES string of the molecule is CN(c1ncccc1CN)S(C)(=O)=O.CN(c1ncccc1CNc1cc(Cl)ncc1C(F)(F)F)S(C)(=O)=O.Cc1cnc(Cl)cc1I. The fraction of sp³-hybridized carbons (Fsp3) is 0.286. The summed E-state index contributed by atoms with van der Waals surface area (Å²) in [6, 6.07) is 9.50. The van der Waals surface area contributed by atoms with Gasteiger partial charge in [-0.2, -0.15) is 13.2 Å². The Balaban J connectivity index is 0.000000290. The minimum atomic E-state index is -4.61. The fourth-order valence-electron chi connectivity index (χ4n) is 3.51. The van der Waals surface area contributed by atoms with Gasteiger partial charge in [0.2, 0.25) is 20.0 Å². The standard InChI is InChI=1S/C14H14ClF3N4O2S.C8H13N3O2S.C6H5ClIN/c1-22(25(2,23)24)13-9(4-3-5-19-13)7-20-11-6-12(15)21-8-10(11)14(16,17)18;1-11(14(2,12)13)8-7(6-9)4-3-5-10-8;1-4-3-9-6(7)2-5(4)8/h3-6,8H,7H2,1-2H3,(H,20,21);3-5H,6,9H2,1-2H3;2-3H,1H3. The van der Waals surface area contributed by atoms with Crippen molar-refractivity contribution in [1.29, 1.82) is 0 Å². The number of nitrogens with one attached hydrogen (secondary N) is 1. The number of aryl methyl sites for hydroxylation is 1. The molecule has 0 aliphatic carbocycles. The topological polar surface area (TPSA) is 164 Å². The summed E-state index contributed by atoms with van der Waals surface area (Å²) < 4.78 is 88.2. The Bertz CT molecular complexity index is 1930. The normalized spacial score (nSPS) is 11.4. The minimum Gasteiger partial charge on any atom is -0.380 e. The summed E-state index contributed by atoms with van der Waals surface area (Å²) in [4.78, 5) is 15.3. The van der Waals surface area contributed by atoms with Crippen LogP contribution in [0.25, 0.3) is 0 Å². The van der Waals surface area contributed by atoms with E-state index in [2.05, 4.69) is 47.8 Å². The average molecular weight is 864 g/mol. The number of rotatable bonds is 8. The van der Waals surface area contributed by atoms with Gasteiger partial charge in [0.25, 0.3) is 0 Å². The van der Waals surface area contributed by atoms with Gasteiger partial charge >= 0.3 is 6.18 Å². The number of hydrogen-bond acceptors (Lipinski definition) is 10. The first kappa shape index (κ1) is 41.1. The van der Waals surface area contributed by atoms with Crippen molar-refractivity contribution in [3.05, 3.63) is 97.3 Å². The fourth-order valence-corrected chi connectivity index (χ4v) is 5.40. The highest BCUT2D eigenvalue weighted by Gasteiger charge is 2.34. The van der Waals surface area contributed by atoms with Crippen molar-refractivity contribution in [3.63, 3.8) is 0 Å². The Morgan fingerprint density at radius 1 is 0.854 bits per heavy atom.